The molecule has 132 valence electrons. The number of nitrogens with zero attached hydrogens (tertiary/aromatic N) is 3. The monoisotopic (exact) mass is 357 g/mol. The molecule has 0 aliphatic carbocycles. The number of aromatic nitrogens is 1. The van der Waals surface area contributed by atoms with Gasteiger partial charge in [0, 0.05) is 35.1 Å². The Hall–Kier alpha value is -2.21. The molecule has 6 heteroatoms. The van der Waals surface area contributed by atoms with E-state index in [2.05, 4.69) is 43.0 Å². The average Bonchev–Trinajstić information content (AvgIpc) is 3.24. The van der Waals surface area contributed by atoms with Gasteiger partial charge in [-0.2, -0.15) is 0 Å². The van der Waals surface area contributed by atoms with Crippen LogP contribution in [0.25, 0.3) is 0 Å². The summed E-state index contributed by atoms with van der Waals surface area (Å²) in [6.07, 6.45) is 3.56. The standard InChI is InChI=1S/C19H23N3O2S/c1-13(2)17-10-18(24-21-17)19(23)22(11-15-6-8-20-9-7-15)12-16-5-4-14(3)25-16/h4-9,13,18H,10-12H2,1-3H3. The minimum atomic E-state index is -0.514. The van der Waals surface area contributed by atoms with E-state index in [-0.39, 0.29) is 5.91 Å². The van der Waals surface area contributed by atoms with Crippen LogP contribution in [0.1, 0.15) is 35.6 Å². The number of oxime groups is 1. The van der Waals surface area contributed by atoms with Crippen LogP contribution in [-0.2, 0) is 22.7 Å². The molecule has 2 aromatic heterocycles. The highest BCUT2D eigenvalue weighted by atomic mass is 32.1. The summed E-state index contributed by atoms with van der Waals surface area (Å²) in [6.45, 7) is 7.33. The third-order valence-corrected chi connectivity index (χ3v) is 5.20. The number of carbonyl (C=O) groups is 1. The van der Waals surface area contributed by atoms with E-state index in [4.69, 9.17) is 4.84 Å². The van der Waals surface area contributed by atoms with Crippen LogP contribution in [-0.4, -0.2) is 27.6 Å². The second kappa shape index (κ2) is 7.78. The topological polar surface area (TPSA) is 54.8 Å². The summed E-state index contributed by atoms with van der Waals surface area (Å²) in [7, 11) is 0. The lowest BCUT2D eigenvalue weighted by molar-refractivity contribution is -0.143. The summed E-state index contributed by atoms with van der Waals surface area (Å²) >= 11 is 1.72. The molecule has 1 atom stereocenters. The zero-order valence-corrected chi connectivity index (χ0v) is 15.6. The Labute approximate surface area is 152 Å². The molecule has 0 fully saturated rings. The van der Waals surface area contributed by atoms with Crippen molar-refractivity contribution < 1.29 is 9.63 Å². The van der Waals surface area contributed by atoms with Gasteiger partial charge < -0.3 is 9.74 Å². The van der Waals surface area contributed by atoms with Crippen molar-refractivity contribution in [1.82, 2.24) is 9.88 Å². The Morgan fingerprint density at radius 3 is 2.64 bits per heavy atom. The Morgan fingerprint density at radius 1 is 1.28 bits per heavy atom. The second-order valence-electron chi connectivity index (χ2n) is 6.60. The van der Waals surface area contributed by atoms with Crippen molar-refractivity contribution in [3.63, 3.8) is 0 Å². The highest BCUT2D eigenvalue weighted by Crippen LogP contribution is 2.23. The van der Waals surface area contributed by atoms with Crippen LogP contribution in [0.5, 0.6) is 0 Å². The number of carbonyl (C=O) groups excluding carboxylic acids is 1. The van der Waals surface area contributed by atoms with E-state index >= 15 is 0 Å². The molecule has 0 saturated heterocycles. The molecule has 1 aliphatic rings. The maximum atomic E-state index is 13.0. The maximum absolute atomic E-state index is 13.0. The molecular formula is C19H23N3O2S. The van der Waals surface area contributed by atoms with Crippen molar-refractivity contribution in [3.05, 3.63) is 52.0 Å². The largest absolute Gasteiger partial charge is 0.382 e. The minimum absolute atomic E-state index is 0.0118. The van der Waals surface area contributed by atoms with Gasteiger partial charge in [-0.05, 0) is 42.7 Å². The molecule has 0 radical (unpaired) electrons. The van der Waals surface area contributed by atoms with E-state index in [0.29, 0.717) is 25.4 Å². The van der Waals surface area contributed by atoms with Crippen molar-refractivity contribution in [3.8, 4) is 0 Å². The lowest BCUT2D eigenvalue weighted by Crippen LogP contribution is -2.38. The van der Waals surface area contributed by atoms with E-state index in [1.54, 1.807) is 23.7 Å². The fourth-order valence-electron chi connectivity index (χ4n) is 2.75. The quantitative estimate of drug-likeness (QED) is 0.790. The molecule has 25 heavy (non-hydrogen) atoms. The molecule has 0 bridgehead atoms. The molecule has 0 saturated carbocycles. The first-order valence-electron chi connectivity index (χ1n) is 8.48. The Bertz CT molecular complexity index is 755. The van der Waals surface area contributed by atoms with Crippen molar-refractivity contribution in [1.29, 1.82) is 0 Å². The molecule has 5 nitrogen and oxygen atoms in total. The van der Waals surface area contributed by atoms with E-state index < -0.39 is 6.10 Å². The molecule has 3 rings (SSSR count). The summed E-state index contributed by atoms with van der Waals surface area (Å²) in [5.74, 6) is 0.286. The van der Waals surface area contributed by atoms with Crippen molar-refractivity contribution in [2.45, 2.75) is 46.4 Å². The fourth-order valence-corrected chi connectivity index (χ4v) is 3.66. The normalized spacial score (nSPS) is 16.6. The lowest BCUT2D eigenvalue weighted by Gasteiger charge is -2.24. The zero-order valence-electron chi connectivity index (χ0n) is 14.8. The van der Waals surface area contributed by atoms with Crippen molar-refractivity contribution in [2.75, 3.05) is 0 Å². The predicted octanol–water partition coefficient (Wildman–Crippen LogP) is 3.78. The number of amides is 1. The minimum Gasteiger partial charge on any atom is -0.382 e. The number of rotatable bonds is 6. The molecule has 0 aromatic carbocycles. The summed E-state index contributed by atoms with van der Waals surface area (Å²) in [5.41, 5.74) is 2.01. The third-order valence-electron chi connectivity index (χ3n) is 4.21. The van der Waals surface area contributed by atoms with Gasteiger partial charge in [0.15, 0.2) is 0 Å². The molecule has 1 amide bonds. The van der Waals surface area contributed by atoms with Gasteiger partial charge in [0.05, 0.1) is 12.3 Å². The molecule has 0 N–H and O–H groups in total. The molecule has 2 aromatic rings. The van der Waals surface area contributed by atoms with Crippen molar-refractivity contribution in [2.24, 2.45) is 11.1 Å². The number of aryl methyl sites for hydroxylation is 1. The van der Waals surface area contributed by atoms with Gasteiger partial charge in [0.25, 0.3) is 5.91 Å². The van der Waals surface area contributed by atoms with Gasteiger partial charge in [0.2, 0.25) is 6.10 Å². The Balaban J connectivity index is 1.74. The number of hydrogen-bond acceptors (Lipinski definition) is 5. The molecule has 1 unspecified atom stereocenters. The van der Waals surface area contributed by atoms with Gasteiger partial charge in [-0.3, -0.25) is 9.78 Å². The number of thiophene rings is 1. The van der Waals surface area contributed by atoms with Crippen LogP contribution < -0.4 is 0 Å². The number of pyridine rings is 1. The van der Waals surface area contributed by atoms with Gasteiger partial charge in [-0.15, -0.1) is 11.3 Å². The first-order valence-corrected chi connectivity index (χ1v) is 9.30. The molecule has 1 aliphatic heterocycles. The summed E-state index contributed by atoms with van der Waals surface area (Å²) < 4.78 is 0. The summed E-state index contributed by atoms with van der Waals surface area (Å²) in [4.78, 5) is 26.8. The Morgan fingerprint density at radius 2 is 2.04 bits per heavy atom. The average molecular weight is 357 g/mol. The highest BCUT2D eigenvalue weighted by molar-refractivity contribution is 7.11. The van der Waals surface area contributed by atoms with E-state index in [1.165, 1.54) is 9.75 Å². The third kappa shape index (κ3) is 4.45. The summed E-state index contributed by atoms with van der Waals surface area (Å²) in [6, 6.07) is 8.04. The van der Waals surface area contributed by atoms with E-state index in [9.17, 15) is 4.79 Å². The SMILES string of the molecule is Cc1ccc(CN(Cc2ccncc2)C(=O)C2CC(C(C)C)=NO2)s1. The first kappa shape index (κ1) is 17.6. The van der Waals surface area contributed by atoms with Gasteiger partial charge in [-0.25, -0.2) is 0 Å². The predicted molar refractivity (Wildman–Crippen MR) is 99.3 cm³/mol. The maximum Gasteiger partial charge on any atom is 0.267 e. The van der Waals surface area contributed by atoms with E-state index in [1.807, 2.05) is 17.0 Å². The van der Waals surface area contributed by atoms with Crippen LogP contribution in [0.4, 0.5) is 0 Å². The first-order chi connectivity index (χ1) is 12.0. The highest BCUT2D eigenvalue weighted by Gasteiger charge is 2.33. The zero-order chi connectivity index (χ0) is 17.8. The smallest absolute Gasteiger partial charge is 0.267 e. The van der Waals surface area contributed by atoms with Gasteiger partial charge in [0.1, 0.15) is 0 Å². The molecule has 3 heterocycles. The van der Waals surface area contributed by atoms with Gasteiger partial charge in [-0.1, -0.05) is 19.0 Å². The van der Waals surface area contributed by atoms with E-state index in [0.717, 1.165) is 11.3 Å². The van der Waals surface area contributed by atoms with Crippen LogP contribution in [0, 0.1) is 12.8 Å². The summed E-state index contributed by atoms with van der Waals surface area (Å²) in [5, 5.41) is 4.10. The van der Waals surface area contributed by atoms with Crippen LogP contribution in [0.2, 0.25) is 0 Å². The van der Waals surface area contributed by atoms with Crippen LogP contribution >= 0.6 is 11.3 Å². The van der Waals surface area contributed by atoms with Gasteiger partial charge >= 0.3 is 0 Å². The van der Waals surface area contributed by atoms with Crippen LogP contribution in [0.15, 0.2) is 41.8 Å². The molecular weight excluding hydrogens is 334 g/mol. The lowest BCUT2D eigenvalue weighted by atomic mass is 10.0. The Kier molecular flexibility index (Phi) is 5.48. The van der Waals surface area contributed by atoms with Crippen molar-refractivity contribution >= 4 is 23.0 Å². The van der Waals surface area contributed by atoms with Crippen LogP contribution in [0.3, 0.4) is 0 Å². The second-order valence-corrected chi connectivity index (χ2v) is 7.97. The number of hydrogen-bond donors (Lipinski definition) is 0. The fraction of sp³-hybridized carbons (Fsp3) is 0.421. The molecule has 0 spiro atoms.